The molecule has 1 fully saturated rings. The molecule has 0 spiro atoms. The van der Waals surface area contributed by atoms with Gasteiger partial charge in [-0.05, 0) is 36.6 Å². The van der Waals surface area contributed by atoms with Crippen LogP contribution in [-0.2, 0) is 11.3 Å². The molecule has 1 amide bonds. The van der Waals surface area contributed by atoms with Crippen molar-refractivity contribution in [3.05, 3.63) is 17.5 Å². The van der Waals surface area contributed by atoms with Crippen LogP contribution in [0.5, 0.6) is 0 Å². The van der Waals surface area contributed by atoms with Gasteiger partial charge in [-0.2, -0.15) is 0 Å². The first-order valence-corrected chi connectivity index (χ1v) is 10.9. The van der Waals surface area contributed by atoms with Crippen molar-refractivity contribution < 1.29 is 4.79 Å². The van der Waals surface area contributed by atoms with Crippen LogP contribution in [0.4, 0.5) is 0 Å². The average Bonchev–Trinajstić information content (AvgIpc) is 3.25. The minimum atomic E-state index is 0.0966. The minimum absolute atomic E-state index is 0.0966. The SMILES string of the molecule is CCn1c(SCC(=O)N[C@H]2CCC[C@H](C)[C@@H]2C)nnc1-c1cccs1. The molecule has 0 radical (unpaired) electrons. The number of carbonyl (C=O) groups is 1. The lowest BCUT2D eigenvalue weighted by Crippen LogP contribution is -2.44. The maximum absolute atomic E-state index is 12.4. The zero-order valence-electron chi connectivity index (χ0n) is 15.1. The van der Waals surface area contributed by atoms with Crippen molar-refractivity contribution in [1.29, 1.82) is 0 Å². The fourth-order valence-corrected chi connectivity index (χ4v) is 4.96. The van der Waals surface area contributed by atoms with Crippen molar-refractivity contribution in [2.24, 2.45) is 11.8 Å². The highest BCUT2D eigenvalue weighted by molar-refractivity contribution is 7.99. The third-order valence-corrected chi connectivity index (χ3v) is 6.99. The van der Waals surface area contributed by atoms with Crippen molar-refractivity contribution in [3.63, 3.8) is 0 Å². The molecule has 0 aliphatic heterocycles. The van der Waals surface area contributed by atoms with Crippen molar-refractivity contribution in [1.82, 2.24) is 20.1 Å². The topological polar surface area (TPSA) is 59.8 Å². The summed E-state index contributed by atoms with van der Waals surface area (Å²) in [4.78, 5) is 13.5. The smallest absolute Gasteiger partial charge is 0.230 e. The van der Waals surface area contributed by atoms with Gasteiger partial charge in [-0.1, -0.05) is 44.5 Å². The first kappa shape index (κ1) is 18.5. The van der Waals surface area contributed by atoms with Gasteiger partial charge in [0.1, 0.15) is 0 Å². The standard InChI is InChI=1S/C18H26N4OS2/c1-4-22-17(15-9-6-10-24-15)20-21-18(22)25-11-16(23)19-14-8-5-7-12(2)13(14)3/h6,9-10,12-14H,4-5,7-8,11H2,1-3H3,(H,19,23)/t12-,13-,14-/m0/s1. The highest BCUT2D eigenvalue weighted by Gasteiger charge is 2.28. The number of amides is 1. The number of thiophene rings is 1. The van der Waals surface area contributed by atoms with Gasteiger partial charge in [0.2, 0.25) is 5.91 Å². The molecule has 0 bridgehead atoms. The van der Waals surface area contributed by atoms with E-state index in [1.807, 2.05) is 17.5 Å². The molecule has 136 valence electrons. The fourth-order valence-electron chi connectivity index (χ4n) is 3.43. The van der Waals surface area contributed by atoms with Gasteiger partial charge in [0, 0.05) is 12.6 Å². The van der Waals surface area contributed by atoms with Crippen LogP contribution < -0.4 is 5.32 Å². The summed E-state index contributed by atoms with van der Waals surface area (Å²) < 4.78 is 2.08. The second-order valence-corrected chi connectivity index (χ2v) is 8.65. The lowest BCUT2D eigenvalue weighted by Gasteiger charge is -2.34. The monoisotopic (exact) mass is 378 g/mol. The van der Waals surface area contributed by atoms with E-state index in [1.165, 1.54) is 24.6 Å². The molecule has 1 N–H and O–H groups in total. The second-order valence-electron chi connectivity index (χ2n) is 6.76. The Morgan fingerprint density at radius 3 is 2.96 bits per heavy atom. The summed E-state index contributed by atoms with van der Waals surface area (Å²) in [5.74, 6) is 2.60. The van der Waals surface area contributed by atoms with E-state index in [0.717, 1.165) is 28.8 Å². The van der Waals surface area contributed by atoms with E-state index in [1.54, 1.807) is 11.3 Å². The number of hydrogen-bond donors (Lipinski definition) is 1. The Kier molecular flexibility index (Phi) is 6.17. The number of hydrogen-bond acceptors (Lipinski definition) is 5. The van der Waals surface area contributed by atoms with Crippen molar-refractivity contribution in [2.75, 3.05) is 5.75 Å². The van der Waals surface area contributed by atoms with Gasteiger partial charge >= 0.3 is 0 Å². The van der Waals surface area contributed by atoms with Crippen LogP contribution in [0, 0.1) is 11.8 Å². The third kappa shape index (κ3) is 4.26. The van der Waals surface area contributed by atoms with Crippen LogP contribution in [0.15, 0.2) is 22.7 Å². The predicted molar refractivity (Wildman–Crippen MR) is 104 cm³/mol. The zero-order chi connectivity index (χ0) is 17.8. The van der Waals surface area contributed by atoms with E-state index >= 15 is 0 Å². The molecular formula is C18H26N4OS2. The van der Waals surface area contributed by atoms with Crippen LogP contribution in [0.3, 0.4) is 0 Å². The Labute approximate surface area is 157 Å². The molecule has 1 aliphatic rings. The summed E-state index contributed by atoms with van der Waals surface area (Å²) in [7, 11) is 0. The molecule has 0 aromatic carbocycles. The molecule has 5 nitrogen and oxygen atoms in total. The molecule has 3 rings (SSSR count). The van der Waals surface area contributed by atoms with Crippen LogP contribution in [0.25, 0.3) is 10.7 Å². The average molecular weight is 379 g/mol. The summed E-state index contributed by atoms with van der Waals surface area (Å²) in [6.07, 6.45) is 3.57. The van der Waals surface area contributed by atoms with Crippen molar-refractivity contribution in [2.45, 2.75) is 57.8 Å². The zero-order valence-corrected chi connectivity index (χ0v) is 16.7. The van der Waals surface area contributed by atoms with Gasteiger partial charge in [0.05, 0.1) is 10.6 Å². The van der Waals surface area contributed by atoms with Gasteiger partial charge in [-0.3, -0.25) is 4.79 Å². The van der Waals surface area contributed by atoms with Gasteiger partial charge < -0.3 is 9.88 Å². The third-order valence-electron chi connectivity index (χ3n) is 5.16. The molecule has 0 saturated heterocycles. The maximum Gasteiger partial charge on any atom is 0.230 e. The van der Waals surface area contributed by atoms with E-state index in [-0.39, 0.29) is 5.91 Å². The Balaban J connectivity index is 1.59. The van der Waals surface area contributed by atoms with Crippen molar-refractivity contribution >= 4 is 29.0 Å². The molecular weight excluding hydrogens is 352 g/mol. The summed E-state index contributed by atoms with van der Waals surface area (Å²) in [5.41, 5.74) is 0. The predicted octanol–water partition coefficient (Wildman–Crippen LogP) is 4.06. The molecule has 25 heavy (non-hydrogen) atoms. The Hall–Kier alpha value is -1.34. The van der Waals surface area contributed by atoms with Gasteiger partial charge in [0.25, 0.3) is 0 Å². The summed E-state index contributed by atoms with van der Waals surface area (Å²) in [5, 5.41) is 14.7. The highest BCUT2D eigenvalue weighted by Crippen LogP contribution is 2.30. The largest absolute Gasteiger partial charge is 0.352 e. The lowest BCUT2D eigenvalue weighted by molar-refractivity contribution is -0.120. The molecule has 2 heterocycles. The number of thioether (sulfide) groups is 1. The van der Waals surface area contributed by atoms with E-state index in [4.69, 9.17) is 0 Å². The molecule has 0 unspecified atom stereocenters. The number of rotatable bonds is 6. The van der Waals surface area contributed by atoms with Crippen molar-refractivity contribution in [3.8, 4) is 10.7 Å². The highest BCUT2D eigenvalue weighted by atomic mass is 32.2. The molecule has 7 heteroatoms. The van der Waals surface area contributed by atoms with E-state index < -0.39 is 0 Å². The summed E-state index contributed by atoms with van der Waals surface area (Å²) in [6, 6.07) is 4.37. The number of aromatic nitrogens is 3. The number of nitrogens with zero attached hydrogens (tertiary/aromatic N) is 3. The van der Waals surface area contributed by atoms with Crippen LogP contribution in [-0.4, -0.2) is 32.5 Å². The van der Waals surface area contributed by atoms with E-state index in [0.29, 0.717) is 23.6 Å². The van der Waals surface area contributed by atoms with Crippen LogP contribution >= 0.6 is 23.1 Å². The normalized spacial score (nSPS) is 23.6. The van der Waals surface area contributed by atoms with Crippen LogP contribution in [0.1, 0.15) is 40.0 Å². The number of carbonyl (C=O) groups excluding carboxylic acids is 1. The molecule has 2 aromatic rings. The molecule has 3 atom stereocenters. The first-order valence-electron chi connectivity index (χ1n) is 8.99. The Morgan fingerprint density at radius 1 is 1.40 bits per heavy atom. The fraction of sp³-hybridized carbons (Fsp3) is 0.611. The maximum atomic E-state index is 12.4. The first-order chi connectivity index (χ1) is 12.1. The minimum Gasteiger partial charge on any atom is -0.352 e. The Bertz CT molecular complexity index is 698. The van der Waals surface area contributed by atoms with E-state index in [9.17, 15) is 4.79 Å². The summed E-state index contributed by atoms with van der Waals surface area (Å²) >= 11 is 3.13. The quantitative estimate of drug-likeness (QED) is 0.770. The van der Waals surface area contributed by atoms with Gasteiger partial charge in [0.15, 0.2) is 11.0 Å². The summed E-state index contributed by atoms with van der Waals surface area (Å²) in [6.45, 7) is 7.41. The van der Waals surface area contributed by atoms with Gasteiger partial charge in [-0.15, -0.1) is 21.5 Å². The Morgan fingerprint density at radius 2 is 2.24 bits per heavy atom. The molecule has 1 saturated carbocycles. The van der Waals surface area contributed by atoms with Crippen LogP contribution in [0.2, 0.25) is 0 Å². The number of nitrogens with one attached hydrogen (secondary N) is 1. The van der Waals surface area contributed by atoms with E-state index in [2.05, 4.69) is 40.9 Å². The lowest BCUT2D eigenvalue weighted by atomic mass is 9.78. The molecule has 2 aromatic heterocycles. The second kappa shape index (κ2) is 8.36. The molecule has 1 aliphatic carbocycles. The van der Waals surface area contributed by atoms with Gasteiger partial charge in [-0.25, -0.2) is 0 Å².